The van der Waals surface area contributed by atoms with E-state index in [-0.39, 0.29) is 6.04 Å². The Hall–Kier alpha value is -1.30. The fourth-order valence-corrected chi connectivity index (χ4v) is 2.04. The van der Waals surface area contributed by atoms with Gasteiger partial charge in [-0.25, -0.2) is 4.79 Å². The van der Waals surface area contributed by atoms with E-state index in [9.17, 15) is 9.59 Å². The fourth-order valence-electron chi connectivity index (χ4n) is 2.04. The van der Waals surface area contributed by atoms with Crippen molar-refractivity contribution in [1.29, 1.82) is 0 Å². The second-order valence-electron chi connectivity index (χ2n) is 4.86. The molecule has 1 saturated heterocycles. The van der Waals surface area contributed by atoms with E-state index in [4.69, 9.17) is 5.11 Å². The first kappa shape index (κ1) is 14.8. The van der Waals surface area contributed by atoms with Gasteiger partial charge in [0.2, 0.25) is 0 Å². The SMILES string of the molecule is CC(CNC(=O)N[C@@H](C)C(=O)O)N1CCCCC1. The number of hydrogen-bond donors (Lipinski definition) is 3. The van der Waals surface area contributed by atoms with Gasteiger partial charge in [0.05, 0.1) is 0 Å². The first-order chi connectivity index (χ1) is 8.50. The number of carboxylic acids is 1. The molecule has 0 aliphatic carbocycles. The predicted molar refractivity (Wildman–Crippen MR) is 68.5 cm³/mol. The van der Waals surface area contributed by atoms with Crippen molar-refractivity contribution >= 4 is 12.0 Å². The van der Waals surface area contributed by atoms with Crippen molar-refractivity contribution in [2.75, 3.05) is 19.6 Å². The summed E-state index contributed by atoms with van der Waals surface area (Å²) < 4.78 is 0. The molecule has 1 fully saturated rings. The fraction of sp³-hybridized carbons (Fsp3) is 0.833. The van der Waals surface area contributed by atoms with Crippen LogP contribution < -0.4 is 10.6 Å². The molecule has 0 bridgehead atoms. The Balaban J connectivity index is 2.22. The van der Waals surface area contributed by atoms with E-state index in [1.165, 1.54) is 26.2 Å². The molecular formula is C12H23N3O3. The number of amides is 2. The number of carbonyl (C=O) groups is 2. The van der Waals surface area contributed by atoms with Gasteiger partial charge in [0, 0.05) is 12.6 Å². The number of rotatable bonds is 5. The monoisotopic (exact) mass is 257 g/mol. The minimum atomic E-state index is -1.03. The Morgan fingerprint density at radius 1 is 1.22 bits per heavy atom. The molecule has 0 radical (unpaired) electrons. The summed E-state index contributed by atoms with van der Waals surface area (Å²) in [6.45, 7) is 6.21. The van der Waals surface area contributed by atoms with Crippen LogP contribution in [0.25, 0.3) is 0 Å². The average Bonchev–Trinajstić information content (AvgIpc) is 2.36. The van der Waals surface area contributed by atoms with Crippen LogP contribution in [-0.4, -0.2) is 53.7 Å². The normalized spacial score (nSPS) is 19.9. The van der Waals surface area contributed by atoms with Gasteiger partial charge in [-0.3, -0.25) is 9.69 Å². The summed E-state index contributed by atoms with van der Waals surface area (Å²) in [5, 5.41) is 13.7. The molecule has 1 aliphatic rings. The lowest BCUT2D eigenvalue weighted by Gasteiger charge is -2.32. The summed E-state index contributed by atoms with van der Waals surface area (Å²) in [5.41, 5.74) is 0. The van der Waals surface area contributed by atoms with Crippen LogP contribution in [0.4, 0.5) is 4.79 Å². The molecule has 18 heavy (non-hydrogen) atoms. The van der Waals surface area contributed by atoms with Crippen molar-refractivity contribution in [1.82, 2.24) is 15.5 Å². The summed E-state index contributed by atoms with van der Waals surface area (Å²) in [6.07, 6.45) is 3.71. The van der Waals surface area contributed by atoms with Gasteiger partial charge in [-0.15, -0.1) is 0 Å². The number of carbonyl (C=O) groups excluding carboxylic acids is 1. The van der Waals surface area contributed by atoms with Crippen LogP contribution in [0.2, 0.25) is 0 Å². The predicted octanol–water partition coefficient (Wildman–Crippen LogP) is 0.633. The van der Waals surface area contributed by atoms with Gasteiger partial charge < -0.3 is 15.7 Å². The minimum Gasteiger partial charge on any atom is -0.480 e. The van der Waals surface area contributed by atoms with Crippen LogP contribution in [-0.2, 0) is 4.79 Å². The van der Waals surface area contributed by atoms with E-state index in [1.807, 2.05) is 0 Å². The molecule has 1 unspecified atom stereocenters. The van der Waals surface area contributed by atoms with E-state index in [1.54, 1.807) is 0 Å². The summed E-state index contributed by atoms with van der Waals surface area (Å²) in [4.78, 5) is 24.4. The average molecular weight is 257 g/mol. The maximum absolute atomic E-state index is 11.4. The zero-order valence-electron chi connectivity index (χ0n) is 11.1. The highest BCUT2D eigenvalue weighted by Crippen LogP contribution is 2.11. The van der Waals surface area contributed by atoms with Gasteiger partial charge in [-0.2, -0.15) is 0 Å². The van der Waals surface area contributed by atoms with Crippen molar-refractivity contribution in [3.8, 4) is 0 Å². The Morgan fingerprint density at radius 3 is 2.39 bits per heavy atom. The molecule has 0 aromatic heterocycles. The van der Waals surface area contributed by atoms with Crippen LogP contribution in [0, 0.1) is 0 Å². The Kier molecular flexibility index (Phi) is 5.91. The maximum Gasteiger partial charge on any atom is 0.325 e. The van der Waals surface area contributed by atoms with Crippen LogP contribution in [0.15, 0.2) is 0 Å². The van der Waals surface area contributed by atoms with Crippen LogP contribution in [0.5, 0.6) is 0 Å². The second-order valence-corrected chi connectivity index (χ2v) is 4.86. The molecule has 1 heterocycles. The lowest BCUT2D eigenvalue weighted by atomic mass is 10.1. The molecule has 0 saturated carbocycles. The number of nitrogens with one attached hydrogen (secondary N) is 2. The van der Waals surface area contributed by atoms with E-state index >= 15 is 0 Å². The van der Waals surface area contributed by atoms with Gasteiger partial charge in [0.15, 0.2) is 0 Å². The highest BCUT2D eigenvalue weighted by atomic mass is 16.4. The van der Waals surface area contributed by atoms with Gasteiger partial charge in [-0.1, -0.05) is 6.42 Å². The Labute approximate surface area is 108 Å². The van der Waals surface area contributed by atoms with Gasteiger partial charge >= 0.3 is 12.0 Å². The van der Waals surface area contributed by atoms with E-state index in [0.717, 1.165) is 13.1 Å². The highest BCUT2D eigenvalue weighted by molar-refractivity contribution is 5.82. The first-order valence-corrected chi connectivity index (χ1v) is 6.52. The molecular weight excluding hydrogens is 234 g/mol. The molecule has 1 aliphatic heterocycles. The lowest BCUT2D eigenvalue weighted by molar-refractivity contribution is -0.138. The topological polar surface area (TPSA) is 81.7 Å². The third kappa shape index (κ3) is 4.91. The van der Waals surface area contributed by atoms with Crippen LogP contribution in [0.3, 0.4) is 0 Å². The largest absolute Gasteiger partial charge is 0.480 e. The maximum atomic E-state index is 11.4. The second kappa shape index (κ2) is 7.20. The van der Waals surface area contributed by atoms with E-state index in [0.29, 0.717) is 6.54 Å². The molecule has 0 spiro atoms. The lowest BCUT2D eigenvalue weighted by Crippen LogP contribution is -2.49. The molecule has 104 valence electrons. The van der Waals surface area contributed by atoms with E-state index in [2.05, 4.69) is 22.5 Å². The van der Waals surface area contributed by atoms with Crippen molar-refractivity contribution in [3.05, 3.63) is 0 Å². The Morgan fingerprint density at radius 2 is 1.83 bits per heavy atom. The standard InChI is InChI=1S/C12H23N3O3/c1-9(15-6-4-3-5-7-15)8-13-12(18)14-10(2)11(16)17/h9-10H,3-8H2,1-2H3,(H,16,17)(H2,13,14,18)/t9?,10-/m0/s1. The van der Waals surface area contributed by atoms with Gasteiger partial charge in [-0.05, 0) is 39.8 Å². The molecule has 0 aromatic carbocycles. The summed E-state index contributed by atoms with van der Waals surface area (Å²) >= 11 is 0. The number of urea groups is 1. The van der Waals surface area contributed by atoms with Crippen LogP contribution in [0.1, 0.15) is 33.1 Å². The molecule has 6 heteroatoms. The molecule has 2 amide bonds. The van der Waals surface area contributed by atoms with Gasteiger partial charge in [0.1, 0.15) is 6.04 Å². The van der Waals surface area contributed by atoms with Crippen molar-refractivity contribution in [2.24, 2.45) is 0 Å². The molecule has 1 rings (SSSR count). The van der Waals surface area contributed by atoms with Crippen molar-refractivity contribution < 1.29 is 14.7 Å². The molecule has 3 N–H and O–H groups in total. The first-order valence-electron chi connectivity index (χ1n) is 6.52. The molecule has 6 nitrogen and oxygen atoms in total. The molecule has 2 atom stereocenters. The summed E-state index contributed by atoms with van der Waals surface area (Å²) in [7, 11) is 0. The molecule has 0 aromatic rings. The van der Waals surface area contributed by atoms with Crippen molar-refractivity contribution in [3.63, 3.8) is 0 Å². The highest BCUT2D eigenvalue weighted by Gasteiger charge is 2.18. The number of piperidine rings is 1. The Bertz CT molecular complexity index is 290. The number of likely N-dealkylation sites (tertiary alicyclic amines) is 1. The smallest absolute Gasteiger partial charge is 0.325 e. The zero-order valence-corrected chi connectivity index (χ0v) is 11.1. The number of nitrogens with zero attached hydrogens (tertiary/aromatic N) is 1. The number of aliphatic carboxylic acids is 1. The third-order valence-electron chi connectivity index (χ3n) is 3.29. The number of hydrogen-bond acceptors (Lipinski definition) is 3. The quantitative estimate of drug-likeness (QED) is 0.675. The third-order valence-corrected chi connectivity index (χ3v) is 3.29. The zero-order chi connectivity index (χ0) is 13.5. The number of carboxylic acid groups (broad SMARTS) is 1. The van der Waals surface area contributed by atoms with Crippen molar-refractivity contribution in [2.45, 2.75) is 45.2 Å². The van der Waals surface area contributed by atoms with Crippen LogP contribution >= 0.6 is 0 Å². The summed E-state index contributed by atoms with van der Waals surface area (Å²) in [6, 6.07) is -1.000. The van der Waals surface area contributed by atoms with E-state index < -0.39 is 18.0 Å². The minimum absolute atomic E-state index is 0.288. The summed E-state index contributed by atoms with van der Waals surface area (Å²) in [5.74, 6) is -1.03. The van der Waals surface area contributed by atoms with Gasteiger partial charge in [0.25, 0.3) is 0 Å².